The highest BCUT2D eigenvalue weighted by atomic mass is 32.2. The second kappa shape index (κ2) is 6.66. The number of aryl methyl sites for hydroxylation is 3. The molecule has 8 heteroatoms. The molecule has 6 nitrogen and oxygen atoms in total. The number of nitrogen functional groups attached to an aromatic ring is 1. The zero-order valence-corrected chi connectivity index (χ0v) is 15.2. The van der Waals surface area contributed by atoms with E-state index in [1.54, 1.807) is 12.3 Å². The Kier molecular flexibility index (Phi) is 4.59. The van der Waals surface area contributed by atoms with Crippen molar-refractivity contribution in [3.63, 3.8) is 0 Å². The molecule has 2 aromatic heterocycles. The largest absolute Gasteiger partial charge is 0.398 e. The third-order valence-corrected chi connectivity index (χ3v) is 5.52. The highest BCUT2D eigenvalue weighted by Crippen LogP contribution is 2.32. The fraction of sp³-hybridized carbons (Fsp3) is 0.188. The number of carbonyl (C=O) groups excluding carboxylic acids is 1. The van der Waals surface area contributed by atoms with Gasteiger partial charge < -0.3 is 10.3 Å². The minimum Gasteiger partial charge on any atom is -0.398 e. The molecule has 0 aliphatic rings. The first-order valence-electron chi connectivity index (χ1n) is 7.23. The van der Waals surface area contributed by atoms with E-state index in [4.69, 9.17) is 5.73 Å². The summed E-state index contributed by atoms with van der Waals surface area (Å²) < 4.78 is 1.93. The number of nitrogens with one attached hydrogen (secondary N) is 1. The van der Waals surface area contributed by atoms with Gasteiger partial charge in [-0.25, -0.2) is 9.97 Å². The summed E-state index contributed by atoms with van der Waals surface area (Å²) in [6.07, 6.45) is 3.63. The van der Waals surface area contributed by atoms with Gasteiger partial charge in [-0.15, -0.1) is 11.3 Å². The number of aromatic nitrogens is 3. The maximum absolute atomic E-state index is 12.5. The van der Waals surface area contributed by atoms with E-state index in [2.05, 4.69) is 15.3 Å². The Bertz CT molecular complexity index is 900. The lowest BCUT2D eigenvalue weighted by molar-refractivity contribution is 0.102. The molecule has 2 heterocycles. The van der Waals surface area contributed by atoms with E-state index < -0.39 is 0 Å². The van der Waals surface area contributed by atoms with Crippen LogP contribution in [0.2, 0.25) is 0 Å². The maximum atomic E-state index is 12.5. The fourth-order valence-electron chi connectivity index (χ4n) is 2.14. The number of carbonyl (C=O) groups is 1. The highest BCUT2D eigenvalue weighted by Gasteiger charge is 2.16. The van der Waals surface area contributed by atoms with Gasteiger partial charge in [-0.1, -0.05) is 11.8 Å². The van der Waals surface area contributed by atoms with Crippen LogP contribution in [0.4, 0.5) is 10.8 Å². The minimum absolute atomic E-state index is 0.261. The Hall–Kier alpha value is -2.32. The summed E-state index contributed by atoms with van der Waals surface area (Å²) in [4.78, 5) is 22.0. The summed E-state index contributed by atoms with van der Waals surface area (Å²) in [7, 11) is 1.93. The lowest BCUT2D eigenvalue weighted by Gasteiger charge is -2.11. The van der Waals surface area contributed by atoms with Crippen LogP contribution < -0.4 is 11.1 Å². The van der Waals surface area contributed by atoms with Crippen molar-refractivity contribution < 1.29 is 4.79 Å². The van der Waals surface area contributed by atoms with E-state index in [-0.39, 0.29) is 5.91 Å². The van der Waals surface area contributed by atoms with Crippen LogP contribution >= 0.6 is 23.1 Å². The van der Waals surface area contributed by atoms with Crippen LogP contribution in [0.25, 0.3) is 0 Å². The van der Waals surface area contributed by atoms with E-state index >= 15 is 0 Å². The molecule has 0 atom stereocenters. The van der Waals surface area contributed by atoms with E-state index in [1.165, 1.54) is 23.1 Å². The molecule has 24 heavy (non-hydrogen) atoms. The smallest absolute Gasteiger partial charge is 0.259 e. The van der Waals surface area contributed by atoms with Crippen molar-refractivity contribution >= 4 is 39.8 Å². The van der Waals surface area contributed by atoms with Crippen LogP contribution in [-0.4, -0.2) is 20.4 Å². The van der Waals surface area contributed by atoms with Gasteiger partial charge in [-0.2, -0.15) is 0 Å². The van der Waals surface area contributed by atoms with Gasteiger partial charge in [-0.3, -0.25) is 10.1 Å². The standard InChI is InChI=1S/C16H17N5OS2/c1-9-6-12(17)11(14(22)20-15-19-10(2)8-23-15)7-13(9)24-16-18-4-5-21(16)3/h4-8H,17H2,1-3H3,(H,19,20,22). The molecule has 0 aliphatic heterocycles. The number of nitrogens with zero attached hydrogens (tertiary/aromatic N) is 3. The fourth-order valence-corrected chi connectivity index (χ4v) is 3.74. The monoisotopic (exact) mass is 359 g/mol. The van der Waals surface area contributed by atoms with E-state index in [1.807, 2.05) is 43.1 Å². The summed E-state index contributed by atoms with van der Waals surface area (Å²) in [6.45, 7) is 3.85. The lowest BCUT2D eigenvalue weighted by atomic mass is 10.1. The molecule has 0 unspecified atom stereocenters. The summed E-state index contributed by atoms with van der Waals surface area (Å²) in [5, 5.41) is 6.10. The number of benzene rings is 1. The molecule has 0 bridgehead atoms. The third-order valence-electron chi connectivity index (χ3n) is 3.41. The van der Waals surface area contributed by atoms with E-state index in [0.29, 0.717) is 16.4 Å². The molecular formula is C16H17N5OS2. The Morgan fingerprint density at radius 3 is 2.79 bits per heavy atom. The number of hydrogen-bond acceptors (Lipinski definition) is 6. The molecule has 0 saturated carbocycles. The number of anilines is 2. The topological polar surface area (TPSA) is 85.8 Å². The van der Waals surface area contributed by atoms with Crippen molar-refractivity contribution in [1.29, 1.82) is 0 Å². The number of amides is 1. The molecule has 124 valence electrons. The third kappa shape index (κ3) is 3.44. The van der Waals surface area contributed by atoms with Crippen LogP contribution in [-0.2, 0) is 7.05 Å². The molecule has 0 fully saturated rings. The zero-order valence-electron chi connectivity index (χ0n) is 13.5. The van der Waals surface area contributed by atoms with Gasteiger partial charge in [0.2, 0.25) is 0 Å². The predicted molar refractivity (Wildman–Crippen MR) is 97.7 cm³/mol. The molecule has 1 aromatic carbocycles. The molecule has 3 aromatic rings. The van der Waals surface area contributed by atoms with Gasteiger partial charge in [0.1, 0.15) is 0 Å². The molecule has 1 amide bonds. The molecular weight excluding hydrogens is 342 g/mol. The van der Waals surface area contributed by atoms with Crippen molar-refractivity contribution in [3.05, 3.63) is 46.7 Å². The van der Waals surface area contributed by atoms with Gasteiger partial charge in [0.25, 0.3) is 5.91 Å². The average molecular weight is 359 g/mol. The van der Waals surface area contributed by atoms with Crippen molar-refractivity contribution in [1.82, 2.24) is 14.5 Å². The van der Waals surface area contributed by atoms with Crippen LogP contribution in [0.1, 0.15) is 21.6 Å². The van der Waals surface area contributed by atoms with E-state index in [9.17, 15) is 4.79 Å². The van der Waals surface area contributed by atoms with Gasteiger partial charge in [0.05, 0.1) is 11.3 Å². The summed E-state index contributed by atoms with van der Waals surface area (Å²) >= 11 is 2.89. The summed E-state index contributed by atoms with van der Waals surface area (Å²) in [6, 6.07) is 3.62. The van der Waals surface area contributed by atoms with Crippen LogP contribution in [0, 0.1) is 13.8 Å². The molecule has 0 saturated heterocycles. The number of hydrogen-bond donors (Lipinski definition) is 2. The average Bonchev–Trinajstić information content (AvgIpc) is 3.10. The molecule has 0 aliphatic carbocycles. The second-order valence-electron chi connectivity index (χ2n) is 5.38. The predicted octanol–water partition coefficient (Wildman–Crippen LogP) is 3.48. The number of nitrogens with two attached hydrogens (primary N) is 1. The molecule has 0 spiro atoms. The Morgan fingerprint density at radius 1 is 1.38 bits per heavy atom. The highest BCUT2D eigenvalue weighted by molar-refractivity contribution is 7.99. The quantitative estimate of drug-likeness (QED) is 0.697. The van der Waals surface area contributed by atoms with Crippen LogP contribution in [0.15, 0.2) is 40.0 Å². The second-order valence-corrected chi connectivity index (χ2v) is 7.24. The zero-order chi connectivity index (χ0) is 17.3. The van der Waals surface area contributed by atoms with Gasteiger partial charge in [0.15, 0.2) is 10.3 Å². The van der Waals surface area contributed by atoms with Gasteiger partial charge >= 0.3 is 0 Å². The lowest BCUT2D eigenvalue weighted by Crippen LogP contribution is -2.14. The van der Waals surface area contributed by atoms with Crippen molar-refractivity contribution in [2.24, 2.45) is 7.05 Å². The first-order valence-corrected chi connectivity index (χ1v) is 8.92. The normalized spacial score (nSPS) is 10.8. The van der Waals surface area contributed by atoms with Crippen molar-refractivity contribution in [2.75, 3.05) is 11.1 Å². The van der Waals surface area contributed by atoms with Gasteiger partial charge in [0, 0.05) is 35.4 Å². The van der Waals surface area contributed by atoms with Crippen LogP contribution in [0.3, 0.4) is 0 Å². The number of rotatable bonds is 4. The first kappa shape index (κ1) is 16.5. The Labute approximate surface area is 148 Å². The number of thiazole rings is 1. The Balaban J connectivity index is 1.89. The molecule has 3 N–H and O–H groups in total. The van der Waals surface area contributed by atoms with E-state index in [0.717, 1.165) is 21.3 Å². The molecule has 0 radical (unpaired) electrons. The first-order chi connectivity index (χ1) is 11.4. The summed E-state index contributed by atoms with van der Waals surface area (Å²) in [5.74, 6) is -0.261. The van der Waals surface area contributed by atoms with Crippen molar-refractivity contribution in [2.45, 2.75) is 23.9 Å². The number of imidazole rings is 1. The van der Waals surface area contributed by atoms with Gasteiger partial charge in [-0.05, 0) is 31.5 Å². The summed E-state index contributed by atoms with van der Waals surface area (Å²) in [5.41, 5.74) is 8.80. The minimum atomic E-state index is -0.261. The van der Waals surface area contributed by atoms with Crippen LogP contribution in [0.5, 0.6) is 0 Å². The molecule has 3 rings (SSSR count). The Morgan fingerprint density at radius 2 is 2.17 bits per heavy atom. The SMILES string of the molecule is Cc1csc(NC(=O)c2cc(Sc3nccn3C)c(C)cc2N)n1. The van der Waals surface area contributed by atoms with Crippen molar-refractivity contribution in [3.8, 4) is 0 Å². The maximum Gasteiger partial charge on any atom is 0.259 e.